The van der Waals surface area contributed by atoms with E-state index >= 15 is 0 Å². The lowest BCUT2D eigenvalue weighted by Crippen LogP contribution is -2.33. The second-order valence-corrected chi connectivity index (χ2v) is 5.00. The lowest BCUT2D eigenvalue weighted by atomic mass is 10.0. The molecular weight excluding hydrogens is 266 g/mol. The largest absolute Gasteiger partial charge is 0.464 e. The second-order valence-electron chi connectivity index (χ2n) is 4.62. The summed E-state index contributed by atoms with van der Waals surface area (Å²) in [7, 11) is 0. The number of rotatable bonds is 1. The monoisotopic (exact) mass is 277 g/mol. The van der Waals surface area contributed by atoms with Crippen molar-refractivity contribution in [3.63, 3.8) is 0 Å². The van der Waals surface area contributed by atoms with Gasteiger partial charge in [-0.25, -0.2) is 0 Å². The Hall–Kier alpha value is -1.49. The predicted molar refractivity (Wildman–Crippen MR) is 72.6 cm³/mol. The van der Waals surface area contributed by atoms with E-state index in [0.29, 0.717) is 17.2 Å². The first-order valence-electron chi connectivity index (χ1n) is 6.24. The highest BCUT2D eigenvalue weighted by molar-refractivity contribution is 6.40. The van der Waals surface area contributed by atoms with Crippen LogP contribution in [0.2, 0.25) is 5.02 Å². The Morgan fingerprint density at radius 3 is 2.68 bits per heavy atom. The number of furan rings is 2. The van der Waals surface area contributed by atoms with Gasteiger partial charge in [0, 0.05) is 29.4 Å². The molecule has 1 atom stereocenters. The summed E-state index contributed by atoms with van der Waals surface area (Å²) in [5.41, 5.74) is 2.49. The van der Waals surface area contributed by atoms with Gasteiger partial charge in [-0.3, -0.25) is 0 Å². The fourth-order valence-electron chi connectivity index (χ4n) is 2.70. The number of nitrogens with one attached hydrogen (secondary N) is 1. The first-order chi connectivity index (χ1) is 9.36. The molecule has 1 aromatic carbocycles. The zero-order valence-electron chi connectivity index (χ0n) is 10.1. The standard InChI is InChI=1S/C14H12ClNO3/c15-12-9-2-5-18-13(9)11(8-1-4-19-14(8)12)10-7-16-3-6-17-10/h1-2,4-5,10,16H,3,6-7H2. The number of benzene rings is 1. The van der Waals surface area contributed by atoms with E-state index in [1.54, 1.807) is 12.5 Å². The van der Waals surface area contributed by atoms with Crippen LogP contribution in [0.1, 0.15) is 11.7 Å². The SMILES string of the molecule is Clc1c2ccoc2c(C2CNCCO2)c2ccoc12. The van der Waals surface area contributed by atoms with Gasteiger partial charge < -0.3 is 18.9 Å². The van der Waals surface area contributed by atoms with Gasteiger partial charge in [0.2, 0.25) is 0 Å². The first kappa shape index (κ1) is 11.3. The maximum absolute atomic E-state index is 6.36. The highest BCUT2D eigenvalue weighted by atomic mass is 35.5. The van der Waals surface area contributed by atoms with Crippen molar-refractivity contribution >= 4 is 33.5 Å². The fourth-order valence-corrected chi connectivity index (χ4v) is 2.99. The summed E-state index contributed by atoms with van der Waals surface area (Å²) in [5.74, 6) is 0. The lowest BCUT2D eigenvalue weighted by molar-refractivity contribution is 0.0289. The molecule has 0 spiro atoms. The van der Waals surface area contributed by atoms with Crippen LogP contribution in [-0.2, 0) is 4.74 Å². The van der Waals surface area contributed by atoms with Crippen LogP contribution < -0.4 is 5.32 Å². The highest BCUT2D eigenvalue weighted by Crippen LogP contribution is 2.41. The van der Waals surface area contributed by atoms with Crippen LogP contribution in [0.4, 0.5) is 0 Å². The Bertz CT molecular complexity index is 688. The minimum Gasteiger partial charge on any atom is -0.464 e. The summed E-state index contributed by atoms with van der Waals surface area (Å²) in [6.45, 7) is 2.33. The van der Waals surface area contributed by atoms with Crippen molar-refractivity contribution in [3.05, 3.63) is 35.2 Å². The van der Waals surface area contributed by atoms with Gasteiger partial charge in [0.05, 0.1) is 30.3 Å². The molecule has 1 saturated heterocycles. The molecule has 4 rings (SSSR count). The summed E-state index contributed by atoms with van der Waals surface area (Å²) in [4.78, 5) is 0. The van der Waals surface area contributed by atoms with Gasteiger partial charge in [-0.1, -0.05) is 11.6 Å². The number of morpholine rings is 1. The van der Waals surface area contributed by atoms with Crippen molar-refractivity contribution in [3.8, 4) is 0 Å². The summed E-state index contributed by atoms with van der Waals surface area (Å²) in [6, 6.07) is 3.77. The van der Waals surface area contributed by atoms with Crippen molar-refractivity contribution in [2.24, 2.45) is 0 Å². The molecule has 98 valence electrons. The Kier molecular flexibility index (Phi) is 2.55. The number of fused-ring (bicyclic) bond motifs is 2. The quantitative estimate of drug-likeness (QED) is 0.740. The van der Waals surface area contributed by atoms with E-state index in [1.165, 1.54) is 0 Å². The zero-order valence-corrected chi connectivity index (χ0v) is 10.9. The van der Waals surface area contributed by atoms with Crippen LogP contribution in [0.5, 0.6) is 0 Å². The number of hydrogen-bond acceptors (Lipinski definition) is 4. The fraction of sp³-hybridized carbons (Fsp3) is 0.286. The Balaban J connectivity index is 2.06. The molecule has 4 nitrogen and oxygen atoms in total. The van der Waals surface area contributed by atoms with Crippen LogP contribution in [0.15, 0.2) is 33.5 Å². The summed E-state index contributed by atoms with van der Waals surface area (Å²) in [5, 5.41) is 5.75. The van der Waals surface area contributed by atoms with Gasteiger partial charge in [0.25, 0.3) is 0 Å². The molecule has 3 aromatic rings. The molecule has 19 heavy (non-hydrogen) atoms. The molecule has 1 unspecified atom stereocenters. The molecule has 2 aromatic heterocycles. The van der Waals surface area contributed by atoms with Gasteiger partial charge >= 0.3 is 0 Å². The Labute approximate surface area is 114 Å². The van der Waals surface area contributed by atoms with Crippen LogP contribution >= 0.6 is 11.6 Å². The molecule has 1 N–H and O–H groups in total. The normalized spacial score (nSPS) is 20.4. The molecule has 0 bridgehead atoms. The Morgan fingerprint density at radius 2 is 1.89 bits per heavy atom. The molecule has 0 radical (unpaired) electrons. The third kappa shape index (κ3) is 1.61. The smallest absolute Gasteiger partial charge is 0.153 e. The topological polar surface area (TPSA) is 47.5 Å². The Morgan fingerprint density at radius 1 is 1.11 bits per heavy atom. The molecule has 0 aliphatic carbocycles. The van der Waals surface area contributed by atoms with Gasteiger partial charge in [-0.2, -0.15) is 0 Å². The minimum absolute atomic E-state index is 0.0419. The molecule has 0 amide bonds. The average Bonchev–Trinajstić information content (AvgIpc) is 3.09. The maximum Gasteiger partial charge on any atom is 0.153 e. The average molecular weight is 278 g/mol. The molecule has 5 heteroatoms. The van der Waals surface area contributed by atoms with Crippen LogP contribution in [0.25, 0.3) is 21.9 Å². The first-order valence-corrected chi connectivity index (χ1v) is 6.62. The van der Waals surface area contributed by atoms with Crippen molar-refractivity contribution in [1.82, 2.24) is 5.32 Å². The number of hydrogen-bond donors (Lipinski definition) is 1. The van der Waals surface area contributed by atoms with Gasteiger partial charge in [-0.05, 0) is 12.1 Å². The summed E-state index contributed by atoms with van der Waals surface area (Å²) < 4.78 is 17.0. The molecule has 1 aliphatic heterocycles. The minimum atomic E-state index is -0.0419. The van der Waals surface area contributed by atoms with Crippen molar-refractivity contribution in [1.29, 1.82) is 0 Å². The highest BCUT2D eigenvalue weighted by Gasteiger charge is 2.25. The second kappa shape index (κ2) is 4.27. The van der Waals surface area contributed by atoms with Gasteiger partial charge in [0.1, 0.15) is 5.58 Å². The predicted octanol–water partition coefficient (Wildman–Crippen LogP) is 3.49. The summed E-state index contributed by atoms with van der Waals surface area (Å²) in [6.07, 6.45) is 3.25. The lowest BCUT2D eigenvalue weighted by Gasteiger charge is -2.24. The maximum atomic E-state index is 6.36. The van der Waals surface area contributed by atoms with E-state index < -0.39 is 0 Å². The number of ether oxygens (including phenoxy) is 1. The molecule has 3 heterocycles. The zero-order chi connectivity index (χ0) is 12.8. The van der Waals surface area contributed by atoms with Crippen molar-refractivity contribution in [2.75, 3.05) is 19.7 Å². The molecule has 1 aliphatic rings. The van der Waals surface area contributed by atoms with Crippen LogP contribution in [-0.4, -0.2) is 19.7 Å². The van der Waals surface area contributed by atoms with E-state index in [9.17, 15) is 0 Å². The van der Waals surface area contributed by atoms with Crippen LogP contribution in [0.3, 0.4) is 0 Å². The van der Waals surface area contributed by atoms with Gasteiger partial charge in [-0.15, -0.1) is 0 Å². The molecule has 0 saturated carbocycles. The van der Waals surface area contributed by atoms with Crippen molar-refractivity contribution in [2.45, 2.75) is 6.10 Å². The van der Waals surface area contributed by atoms with E-state index in [4.69, 9.17) is 25.2 Å². The van der Waals surface area contributed by atoms with E-state index in [2.05, 4.69) is 5.32 Å². The van der Waals surface area contributed by atoms with Crippen LogP contribution in [0, 0.1) is 0 Å². The van der Waals surface area contributed by atoms with E-state index in [1.807, 2.05) is 12.1 Å². The molecular formula is C14H12ClNO3. The summed E-state index contributed by atoms with van der Waals surface area (Å²) >= 11 is 6.36. The van der Waals surface area contributed by atoms with E-state index in [-0.39, 0.29) is 6.10 Å². The number of halogens is 1. The van der Waals surface area contributed by atoms with Crippen molar-refractivity contribution < 1.29 is 13.6 Å². The van der Waals surface area contributed by atoms with E-state index in [0.717, 1.165) is 35.0 Å². The third-order valence-electron chi connectivity index (χ3n) is 3.55. The molecule has 1 fully saturated rings. The third-order valence-corrected chi connectivity index (χ3v) is 3.93. The van der Waals surface area contributed by atoms with Gasteiger partial charge in [0.15, 0.2) is 5.58 Å².